The van der Waals surface area contributed by atoms with E-state index in [0.717, 1.165) is 12.8 Å². The lowest BCUT2D eigenvalue weighted by Crippen LogP contribution is -2.17. The molecule has 1 aliphatic rings. The third kappa shape index (κ3) is 1.84. The maximum atomic E-state index is 4.18. The van der Waals surface area contributed by atoms with Gasteiger partial charge >= 0.3 is 0 Å². The molecule has 1 heterocycles. The molecule has 1 aromatic carbocycles. The van der Waals surface area contributed by atoms with Crippen molar-refractivity contribution in [3.05, 3.63) is 42.2 Å². The van der Waals surface area contributed by atoms with Crippen molar-refractivity contribution in [3.63, 3.8) is 0 Å². The fourth-order valence-electron chi connectivity index (χ4n) is 1.56. The lowest BCUT2D eigenvalue weighted by atomic mass is 10.2. The largest absolute Gasteiger partial charge is 0.347 e. The molecule has 0 aromatic heterocycles. The Balaban J connectivity index is 2.19. The van der Waals surface area contributed by atoms with Gasteiger partial charge in [0.1, 0.15) is 0 Å². The van der Waals surface area contributed by atoms with Crippen molar-refractivity contribution in [3.8, 4) is 0 Å². The molecule has 2 rings (SSSR count). The second-order valence-corrected chi connectivity index (χ2v) is 3.39. The Kier molecular flexibility index (Phi) is 2.63. The van der Waals surface area contributed by atoms with Crippen LogP contribution in [0.4, 0.5) is 5.69 Å². The van der Waals surface area contributed by atoms with Crippen molar-refractivity contribution in [1.29, 1.82) is 0 Å². The topological polar surface area (TPSA) is 15.6 Å². The lowest BCUT2D eigenvalue weighted by molar-refractivity contribution is 0.915. The number of rotatable bonds is 2. The average molecular weight is 186 g/mol. The zero-order valence-electron chi connectivity index (χ0n) is 8.35. The first kappa shape index (κ1) is 9.00. The van der Waals surface area contributed by atoms with E-state index in [1.54, 1.807) is 0 Å². The summed E-state index contributed by atoms with van der Waals surface area (Å²) in [6.07, 6.45) is 6.02. The average Bonchev–Trinajstić information content (AvgIpc) is 2.30. The highest BCUT2D eigenvalue weighted by Gasteiger charge is 2.07. The van der Waals surface area contributed by atoms with Gasteiger partial charge in [-0.15, -0.1) is 0 Å². The third-order valence-corrected chi connectivity index (χ3v) is 2.43. The summed E-state index contributed by atoms with van der Waals surface area (Å²) < 4.78 is 0. The normalized spacial score (nSPS) is 15.1. The highest BCUT2D eigenvalue weighted by atomic mass is 15.1. The van der Waals surface area contributed by atoms with Crippen LogP contribution in [0.1, 0.15) is 12.8 Å². The molecule has 0 N–H and O–H groups in total. The van der Waals surface area contributed by atoms with E-state index in [4.69, 9.17) is 0 Å². The van der Waals surface area contributed by atoms with Gasteiger partial charge in [0.15, 0.2) is 0 Å². The second kappa shape index (κ2) is 4.09. The Morgan fingerprint density at radius 1 is 1.21 bits per heavy atom. The van der Waals surface area contributed by atoms with Crippen LogP contribution >= 0.6 is 0 Å². The molecule has 0 saturated carbocycles. The molecular weight excluding hydrogens is 172 g/mol. The molecule has 0 saturated heterocycles. The SMILES string of the molecule is CN(C1=CN=CCC1)c1ccccc1. The smallest absolute Gasteiger partial charge is 0.0459 e. The van der Waals surface area contributed by atoms with Crippen molar-refractivity contribution >= 4 is 11.9 Å². The molecule has 0 fully saturated rings. The Labute approximate surface area is 84.6 Å². The first-order chi connectivity index (χ1) is 6.88. The second-order valence-electron chi connectivity index (χ2n) is 3.39. The highest BCUT2D eigenvalue weighted by molar-refractivity contribution is 5.62. The molecule has 0 amide bonds. The number of para-hydroxylation sites is 1. The molecule has 14 heavy (non-hydrogen) atoms. The van der Waals surface area contributed by atoms with Crippen LogP contribution in [0.5, 0.6) is 0 Å². The number of anilines is 1. The molecular formula is C12H14N2. The van der Waals surface area contributed by atoms with Crippen LogP contribution in [0.25, 0.3) is 0 Å². The molecule has 0 bridgehead atoms. The van der Waals surface area contributed by atoms with Crippen molar-refractivity contribution in [2.75, 3.05) is 11.9 Å². The standard InChI is InChI=1S/C12H14N2/c1-14(11-6-3-2-4-7-11)12-8-5-9-13-10-12/h2-4,6-7,9-10H,5,8H2,1H3. The fraction of sp³-hybridized carbons (Fsp3) is 0.250. The highest BCUT2D eigenvalue weighted by Crippen LogP contribution is 2.20. The van der Waals surface area contributed by atoms with Crippen molar-refractivity contribution in [2.24, 2.45) is 4.99 Å². The van der Waals surface area contributed by atoms with Gasteiger partial charge in [-0.1, -0.05) is 18.2 Å². The van der Waals surface area contributed by atoms with Gasteiger partial charge in [-0.25, -0.2) is 0 Å². The van der Waals surface area contributed by atoms with Gasteiger partial charge in [0.2, 0.25) is 0 Å². The Morgan fingerprint density at radius 3 is 2.64 bits per heavy atom. The van der Waals surface area contributed by atoms with Gasteiger partial charge in [0.25, 0.3) is 0 Å². The number of hydrogen-bond acceptors (Lipinski definition) is 2. The number of nitrogens with zero attached hydrogens (tertiary/aromatic N) is 2. The van der Waals surface area contributed by atoms with Crippen LogP contribution in [0.15, 0.2) is 47.2 Å². The molecule has 0 atom stereocenters. The minimum Gasteiger partial charge on any atom is -0.347 e. The van der Waals surface area contributed by atoms with Gasteiger partial charge in [-0.2, -0.15) is 0 Å². The summed E-state index contributed by atoms with van der Waals surface area (Å²) >= 11 is 0. The minimum absolute atomic E-state index is 1.04. The molecule has 2 nitrogen and oxygen atoms in total. The van der Waals surface area contributed by atoms with E-state index in [9.17, 15) is 0 Å². The minimum atomic E-state index is 1.04. The monoisotopic (exact) mass is 186 g/mol. The summed E-state index contributed by atoms with van der Waals surface area (Å²) in [5.74, 6) is 0. The first-order valence-corrected chi connectivity index (χ1v) is 4.87. The van der Waals surface area contributed by atoms with Gasteiger partial charge in [0.05, 0.1) is 0 Å². The molecule has 0 aliphatic carbocycles. The fourth-order valence-corrected chi connectivity index (χ4v) is 1.56. The van der Waals surface area contributed by atoms with Gasteiger partial charge in [-0.3, -0.25) is 4.99 Å². The molecule has 72 valence electrons. The summed E-state index contributed by atoms with van der Waals surface area (Å²) in [4.78, 5) is 6.37. The van der Waals surface area contributed by atoms with Crippen LogP contribution in [-0.4, -0.2) is 13.3 Å². The molecule has 2 heteroatoms. The van der Waals surface area contributed by atoms with E-state index in [-0.39, 0.29) is 0 Å². The van der Waals surface area contributed by atoms with Crippen molar-refractivity contribution in [1.82, 2.24) is 0 Å². The maximum Gasteiger partial charge on any atom is 0.0459 e. The third-order valence-electron chi connectivity index (χ3n) is 2.43. The summed E-state index contributed by atoms with van der Waals surface area (Å²) in [6.45, 7) is 0. The zero-order valence-corrected chi connectivity index (χ0v) is 8.35. The zero-order chi connectivity index (χ0) is 9.80. The van der Waals surface area contributed by atoms with Crippen LogP contribution in [0.3, 0.4) is 0 Å². The van der Waals surface area contributed by atoms with E-state index < -0.39 is 0 Å². The molecule has 0 spiro atoms. The van der Waals surface area contributed by atoms with E-state index in [0.29, 0.717) is 0 Å². The van der Waals surface area contributed by atoms with E-state index in [1.165, 1.54) is 11.4 Å². The number of allylic oxidation sites excluding steroid dienone is 1. The number of hydrogen-bond donors (Lipinski definition) is 0. The lowest BCUT2D eigenvalue weighted by Gasteiger charge is -2.23. The predicted molar refractivity (Wildman–Crippen MR) is 60.7 cm³/mol. The van der Waals surface area contributed by atoms with E-state index >= 15 is 0 Å². The van der Waals surface area contributed by atoms with Crippen molar-refractivity contribution < 1.29 is 0 Å². The first-order valence-electron chi connectivity index (χ1n) is 4.87. The summed E-state index contributed by atoms with van der Waals surface area (Å²) in [5.41, 5.74) is 2.49. The predicted octanol–water partition coefficient (Wildman–Crippen LogP) is 2.83. The van der Waals surface area contributed by atoms with Crippen LogP contribution < -0.4 is 4.90 Å². The molecule has 1 aliphatic heterocycles. The summed E-state index contributed by atoms with van der Waals surface area (Å²) in [5, 5.41) is 0. The molecule has 1 aromatic rings. The number of aliphatic imine (C=N–C) groups is 1. The van der Waals surface area contributed by atoms with Gasteiger partial charge in [0, 0.05) is 30.8 Å². The van der Waals surface area contributed by atoms with Crippen molar-refractivity contribution in [2.45, 2.75) is 12.8 Å². The van der Waals surface area contributed by atoms with Gasteiger partial charge in [-0.05, 0) is 25.0 Å². The van der Waals surface area contributed by atoms with Gasteiger partial charge < -0.3 is 4.90 Å². The molecule has 0 unspecified atom stereocenters. The maximum absolute atomic E-state index is 4.18. The van der Waals surface area contributed by atoms with Crippen LogP contribution in [0.2, 0.25) is 0 Å². The number of benzene rings is 1. The van der Waals surface area contributed by atoms with E-state index in [2.05, 4.69) is 41.2 Å². The summed E-state index contributed by atoms with van der Waals surface area (Å²) in [7, 11) is 2.09. The Hall–Kier alpha value is -1.57. The quantitative estimate of drug-likeness (QED) is 0.693. The summed E-state index contributed by atoms with van der Waals surface area (Å²) in [6, 6.07) is 10.4. The van der Waals surface area contributed by atoms with Crippen LogP contribution in [-0.2, 0) is 0 Å². The van der Waals surface area contributed by atoms with E-state index in [1.807, 2.05) is 18.5 Å². The Morgan fingerprint density at radius 2 is 2.00 bits per heavy atom. The van der Waals surface area contributed by atoms with Crippen LogP contribution in [0, 0.1) is 0 Å². The Bertz CT molecular complexity index is 352. The molecule has 0 radical (unpaired) electrons.